The van der Waals surface area contributed by atoms with E-state index in [1.165, 1.54) is 31.3 Å². The van der Waals surface area contributed by atoms with Crippen LogP contribution in [0.25, 0.3) is 0 Å². The molecule has 3 fully saturated rings. The molecule has 1 aromatic rings. The number of carbonyl (C=O) groups excluding carboxylic acids is 2. The Kier molecular flexibility index (Phi) is 4.24. The van der Waals surface area contributed by atoms with Gasteiger partial charge in [0, 0.05) is 11.8 Å². The molecule has 3 aliphatic rings. The summed E-state index contributed by atoms with van der Waals surface area (Å²) in [5, 5.41) is 3.07. The second kappa shape index (κ2) is 6.54. The van der Waals surface area contributed by atoms with Crippen LogP contribution in [0.1, 0.15) is 44.2 Å². The number of allylic oxidation sites excluding steroid dienone is 1. The molecule has 2 saturated carbocycles. The molecule has 1 aromatic carbocycles. The molecule has 25 heavy (non-hydrogen) atoms. The molecule has 2 amide bonds. The van der Waals surface area contributed by atoms with Gasteiger partial charge in [-0.25, -0.2) is 4.79 Å². The van der Waals surface area contributed by atoms with Crippen LogP contribution in [0.5, 0.6) is 0 Å². The van der Waals surface area contributed by atoms with Crippen molar-refractivity contribution in [2.45, 2.75) is 38.6 Å². The van der Waals surface area contributed by atoms with Gasteiger partial charge in [0.05, 0.1) is 12.6 Å². The largest absolute Gasteiger partial charge is 0.447 e. The van der Waals surface area contributed by atoms with Gasteiger partial charge in [0.15, 0.2) is 0 Å². The topological polar surface area (TPSA) is 58.6 Å². The summed E-state index contributed by atoms with van der Waals surface area (Å²) >= 11 is 0. The zero-order valence-electron chi connectivity index (χ0n) is 14.5. The summed E-state index contributed by atoms with van der Waals surface area (Å²) in [6.45, 7) is 2.96. The maximum Gasteiger partial charge on any atom is 0.414 e. The van der Waals surface area contributed by atoms with Crippen LogP contribution in [0.15, 0.2) is 35.9 Å². The highest BCUT2D eigenvalue weighted by atomic mass is 16.6. The van der Waals surface area contributed by atoms with E-state index < -0.39 is 0 Å². The van der Waals surface area contributed by atoms with Crippen LogP contribution in [-0.2, 0) is 9.53 Å². The lowest BCUT2D eigenvalue weighted by Crippen LogP contribution is -2.26. The van der Waals surface area contributed by atoms with Crippen molar-refractivity contribution < 1.29 is 14.3 Å². The zero-order valence-corrected chi connectivity index (χ0v) is 14.5. The number of nitrogens with zero attached hydrogens (tertiary/aromatic N) is 1. The van der Waals surface area contributed by atoms with E-state index in [-0.39, 0.29) is 18.0 Å². The Morgan fingerprint density at radius 3 is 2.60 bits per heavy atom. The highest BCUT2D eigenvalue weighted by Gasteiger charge is 2.36. The van der Waals surface area contributed by atoms with Crippen LogP contribution in [0.2, 0.25) is 0 Å². The average Bonchev–Trinajstić information content (AvgIpc) is 3.52. The van der Waals surface area contributed by atoms with E-state index in [0.717, 1.165) is 11.3 Å². The monoisotopic (exact) mass is 340 g/mol. The molecule has 1 atom stereocenters. The van der Waals surface area contributed by atoms with Crippen LogP contribution >= 0.6 is 0 Å². The van der Waals surface area contributed by atoms with Gasteiger partial charge in [-0.05, 0) is 62.1 Å². The van der Waals surface area contributed by atoms with Crippen LogP contribution in [0.4, 0.5) is 10.5 Å². The van der Waals surface area contributed by atoms with Crippen molar-refractivity contribution in [2.75, 3.05) is 18.1 Å². The van der Waals surface area contributed by atoms with Crippen LogP contribution in [-0.4, -0.2) is 25.2 Å². The molecular formula is C20H24N2O3. The Hall–Kier alpha value is -2.30. The smallest absolute Gasteiger partial charge is 0.414 e. The van der Waals surface area contributed by atoms with Crippen LogP contribution in [0.3, 0.4) is 0 Å². The SMILES string of the molecule is CC(NC(=O)C=C(C1CC1)C1CC1)c1cccc(N2CCOC2=O)c1. The summed E-state index contributed by atoms with van der Waals surface area (Å²) < 4.78 is 4.99. The first-order valence-corrected chi connectivity index (χ1v) is 9.18. The number of ether oxygens (including phenoxy) is 1. The summed E-state index contributed by atoms with van der Waals surface area (Å²) in [4.78, 5) is 25.8. The number of rotatable bonds is 6. The molecule has 1 aliphatic heterocycles. The molecule has 0 radical (unpaired) electrons. The second-order valence-electron chi connectivity index (χ2n) is 7.28. The van der Waals surface area contributed by atoms with E-state index in [0.29, 0.717) is 25.0 Å². The Morgan fingerprint density at radius 2 is 2.00 bits per heavy atom. The predicted molar refractivity (Wildman–Crippen MR) is 95.2 cm³/mol. The molecule has 5 nitrogen and oxygen atoms in total. The molecule has 0 aromatic heterocycles. The Bertz CT molecular complexity index is 705. The van der Waals surface area contributed by atoms with Gasteiger partial charge in [0.1, 0.15) is 6.61 Å². The predicted octanol–water partition coefficient (Wildman–Crippen LogP) is 3.57. The van der Waals surface area contributed by atoms with Gasteiger partial charge in [-0.3, -0.25) is 9.69 Å². The van der Waals surface area contributed by atoms with E-state index in [4.69, 9.17) is 4.74 Å². The first-order valence-electron chi connectivity index (χ1n) is 9.18. The number of amides is 2. The van der Waals surface area contributed by atoms with Crippen LogP contribution in [0, 0.1) is 11.8 Å². The Labute approximate surface area is 148 Å². The Balaban J connectivity index is 1.43. The lowest BCUT2D eigenvalue weighted by atomic mass is 10.0. The molecule has 5 heteroatoms. The van der Waals surface area contributed by atoms with E-state index >= 15 is 0 Å². The number of nitrogens with one attached hydrogen (secondary N) is 1. The third-order valence-corrected chi connectivity index (χ3v) is 5.20. The van der Waals surface area contributed by atoms with Gasteiger partial charge in [-0.15, -0.1) is 0 Å². The van der Waals surface area contributed by atoms with Gasteiger partial charge in [-0.1, -0.05) is 17.7 Å². The summed E-state index contributed by atoms with van der Waals surface area (Å²) in [6, 6.07) is 7.62. The number of hydrogen-bond acceptors (Lipinski definition) is 3. The number of carbonyl (C=O) groups is 2. The minimum atomic E-state index is -0.310. The van der Waals surface area contributed by atoms with E-state index in [1.54, 1.807) is 4.90 Å². The molecule has 1 N–H and O–H groups in total. The van der Waals surface area contributed by atoms with Crippen molar-refractivity contribution in [1.82, 2.24) is 5.32 Å². The summed E-state index contributed by atoms with van der Waals surface area (Å²) in [5.41, 5.74) is 3.16. The van der Waals surface area contributed by atoms with Gasteiger partial charge in [0.2, 0.25) is 5.91 Å². The standard InChI is InChI=1S/C20H24N2O3/c1-13(21-19(23)12-18(14-5-6-14)15-7-8-15)16-3-2-4-17(11-16)22-9-10-25-20(22)24/h2-4,11-15H,5-10H2,1H3,(H,21,23). The summed E-state index contributed by atoms with van der Waals surface area (Å²) in [7, 11) is 0. The van der Waals surface area contributed by atoms with Crippen molar-refractivity contribution in [1.29, 1.82) is 0 Å². The quantitative estimate of drug-likeness (QED) is 0.806. The maximum atomic E-state index is 12.4. The fraction of sp³-hybridized carbons (Fsp3) is 0.500. The lowest BCUT2D eigenvalue weighted by molar-refractivity contribution is -0.117. The summed E-state index contributed by atoms with van der Waals surface area (Å²) in [6.07, 6.45) is 6.47. The molecule has 1 unspecified atom stereocenters. The van der Waals surface area contributed by atoms with E-state index in [1.807, 2.05) is 37.3 Å². The minimum absolute atomic E-state index is 0.00714. The van der Waals surface area contributed by atoms with Crippen molar-refractivity contribution in [2.24, 2.45) is 11.8 Å². The van der Waals surface area contributed by atoms with Gasteiger partial charge in [-0.2, -0.15) is 0 Å². The highest BCUT2D eigenvalue weighted by Crippen LogP contribution is 2.48. The van der Waals surface area contributed by atoms with Crippen molar-refractivity contribution in [3.05, 3.63) is 41.5 Å². The van der Waals surface area contributed by atoms with Crippen molar-refractivity contribution >= 4 is 17.7 Å². The minimum Gasteiger partial charge on any atom is -0.447 e. The maximum absolute atomic E-state index is 12.4. The number of anilines is 1. The van der Waals surface area contributed by atoms with E-state index in [2.05, 4.69) is 5.32 Å². The van der Waals surface area contributed by atoms with E-state index in [9.17, 15) is 9.59 Å². The Morgan fingerprint density at radius 1 is 1.28 bits per heavy atom. The van der Waals surface area contributed by atoms with Crippen LogP contribution < -0.4 is 10.2 Å². The highest BCUT2D eigenvalue weighted by molar-refractivity contribution is 5.90. The molecule has 1 saturated heterocycles. The third kappa shape index (κ3) is 3.70. The summed E-state index contributed by atoms with van der Waals surface area (Å²) in [5.74, 6) is 1.29. The molecule has 0 spiro atoms. The number of cyclic esters (lactones) is 1. The van der Waals surface area contributed by atoms with Gasteiger partial charge >= 0.3 is 6.09 Å². The molecule has 4 rings (SSSR count). The molecule has 1 heterocycles. The van der Waals surface area contributed by atoms with Gasteiger partial charge < -0.3 is 10.1 Å². The number of hydrogen-bond donors (Lipinski definition) is 1. The molecule has 132 valence electrons. The lowest BCUT2D eigenvalue weighted by Gasteiger charge is -2.18. The molecule has 2 aliphatic carbocycles. The zero-order chi connectivity index (χ0) is 17.4. The van der Waals surface area contributed by atoms with Crippen molar-refractivity contribution in [3.8, 4) is 0 Å². The normalized spacial score (nSPS) is 20.8. The molecule has 0 bridgehead atoms. The van der Waals surface area contributed by atoms with Gasteiger partial charge in [0.25, 0.3) is 0 Å². The second-order valence-corrected chi connectivity index (χ2v) is 7.28. The fourth-order valence-corrected chi connectivity index (χ4v) is 3.48. The molecular weight excluding hydrogens is 316 g/mol. The average molecular weight is 340 g/mol. The number of benzene rings is 1. The van der Waals surface area contributed by atoms with Crippen molar-refractivity contribution in [3.63, 3.8) is 0 Å². The fourth-order valence-electron chi connectivity index (χ4n) is 3.48. The first-order chi connectivity index (χ1) is 12.1. The first kappa shape index (κ1) is 16.2. The third-order valence-electron chi connectivity index (χ3n) is 5.20.